The summed E-state index contributed by atoms with van der Waals surface area (Å²) in [6.07, 6.45) is 1.99. The van der Waals surface area contributed by atoms with E-state index in [1.54, 1.807) is 19.0 Å². The van der Waals surface area contributed by atoms with Gasteiger partial charge in [-0.1, -0.05) is 18.2 Å². The standard InChI is InChI=1S/C20H32N4O2/c1-15-6-5-7-16(2)18(15)8-10-21-20(23-13-19(25)24(3)4)22-12-17-9-11-26-14-17/h5-7,17H,8-14H2,1-4H3,(H2,21,22,23). The molecule has 0 aliphatic carbocycles. The van der Waals surface area contributed by atoms with E-state index in [4.69, 9.17) is 4.74 Å². The normalized spacial score (nSPS) is 17.2. The van der Waals surface area contributed by atoms with E-state index in [1.807, 2.05) is 0 Å². The van der Waals surface area contributed by atoms with Crippen LogP contribution in [0.4, 0.5) is 0 Å². The summed E-state index contributed by atoms with van der Waals surface area (Å²) in [5.41, 5.74) is 3.99. The highest BCUT2D eigenvalue weighted by atomic mass is 16.5. The molecule has 0 radical (unpaired) electrons. The third-order valence-electron chi connectivity index (χ3n) is 4.77. The van der Waals surface area contributed by atoms with E-state index in [2.05, 4.69) is 47.7 Å². The van der Waals surface area contributed by atoms with E-state index in [1.165, 1.54) is 16.7 Å². The van der Waals surface area contributed by atoms with E-state index in [-0.39, 0.29) is 12.5 Å². The van der Waals surface area contributed by atoms with Crippen molar-refractivity contribution in [3.63, 3.8) is 0 Å². The van der Waals surface area contributed by atoms with Crippen molar-refractivity contribution in [1.29, 1.82) is 0 Å². The number of aryl methyl sites for hydroxylation is 2. The van der Waals surface area contributed by atoms with Crippen molar-refractivity contribution >= 4 is 11.9 Å². The summed E-state index contributed by atoms with van der Waals surface area (Å²) in [4.78, 5) is 17.8. The molecule has 1 saturated heterocycles. The summed E-state index contributed by atoms with van der Waals surface area (Å²) in [7, 11) is 3.49. The Morgan fingerprint density at radius 1 is 1.27 bits per heavy atom. The molecule has 0 spiro atoms. The molecule has 1 aromatic carbocycles. The number of ether oxygens (including phenoxy) is 1. The Labute approximate surface area is 157 Å². The number of nitrogens with one attached hydrogen (secondary N) is 2. The van der Waals surface area contributed by atoms with Gasteiger partial charge in [-0.3, -0.25) is 4.79 Å². The lowest BCUT2D eigenvalue weighted by molar-refractivity contribution is -0.127. The SMILES string of the molecule is Cc1cccc(C)c1CCNC(=NCC(=O)N(C)C)NCC1CCOC1. The number of benzene rings is 1. The van der Waals surface area contributed by atoms with Crippen LogP contribution in [-0.4, -0.2) is 63.7 Å². The van der Waals surface area contributed by atoms with Gasteiger partial charge < -0.3 is 20.3 Å². The van der Waals surface area contributed by atoms with Crippen LogP contribution in [0.15, 0.2) is 23.2 Å². The second-order valence-corrected chi connectivity index (χ2v) is 7.11. The van der Waals surface area contributed by atoms with Crippen LogP contribution in [0, 0.1) is 19.8 Å². The molecule has 1 atom stereocenters. The quantitative estimate of drug-likeness (QED) is 0.571. The van der Waals surface area contributed by atoms with Crippen LogP contribution in [0.2, 0.25) is 0 Å². The Kier molecular flexibility index (Phi) is 7.91. The summed E-state index contributed by atoms with van der Waals surface area (Å²) in [5.74, 6) is 1.19. The topological polar surface area (TPSA) is 66.0 Å². The van der Waals surface area contributed by atoms with Crippen LogP contribution in [0.3, 0.4) is 0 Å². The van der Waals surface area contributed by atoms with Gasteiger partial charge in [0, 0.05) is 39.7 Å². The fraction of sp³-hybridized carbons (Fsp3) is 0.600. The van der Waals surface area contributed by atoms with Crippen LogP contribution in [0.5, 0.6) is 0 Å². The first-order valence-electron chi connectivity index (χ1n) is 9.32. The molecule has 1 heterocycles. The zero-order chi connectivity index (χ0) is 18.9. The molecule has 1 fully saturated rings. The molecule has 1 aromatic rings. The van der Waals surface area contributed by atoms with Crippen molar-refractivity contribution in [2.24, 2.45) is 10.9 Å². The minimum atomic E-state index is -0.00921. The molecular weight excluding hydrogens is 328 g/mol. The largest absolute Gasteiger partial charge is 0.381 e. The van der Waals surface area contributed by atoms with E-state index in [0.717, 1.165) is 39.1 Å². The zero-order valence-corrected chi connectivity index (χ0v) is 16.5. The highest BCUT2D eigenvalue weighted by molar-refractivity contribution is 5.84. The number of likely N-dealkylation sites (N-methyl/N-ethyl adjacent to an activating group) is 1. The number of carbonyl (C=O) groups excluding carboxylic acids is 1. The van der Waals surface area contributed by atoms with Gasteiger partial charge in [0.05, 0.1) is 6.61 Å². The summed E-state index contributed by atoms with van der Waals surface area (Å²) in [6, 6.07) is 6.38. The first kappa shape index (κ1) is 20.2. The Hall–Kier alpha value is -2.08. The molecule has 1 aliphatic heterocycles. The predicted octanol–water partition coefficient (Wildman–Crippen LogP) is 1.51. The van der Waals surface area contributed by atoms with Gasteiger partial charge in [-0.2, -0.15) is 0 Å². The van der Waals surface area contributed by atoms with Crippen molar-refractivity contribution < 1.29 is 9.53 Å². The highest BCUT2D eigenvalue weighted by Crippen LogP contribution is 2.13. The van der Waals surface area contributed by atoms with Crippen molar-refractivity contribution in [1.82, 2.24) is 15.5 Å². The molecule has 1 aliphatic rings. The zero-order valence-electron chi connectivity index (χ0n) is 16.5. The molecule has 2 rings (SSSR count). The number of amides is 1. The molecular formula is C20H32N4O2. The van der Waals surface area contributed by atoms with E-state index in [9.17, 15) is 4.79 Å². The van der Waals surface area contributed by atoms with Crippen LogP contribution in [0.1, 0.15) is 23.1 Å². The minimum absolute atomic E-state index is 0.00921. The number of hydrogen-bond acceptors (Lipinski definition) is 3. The summed E-state index contributed by atoms with van der Waals surface area (Å²) in [6.45, 7) is 7.64. The number of nitrogens with zero attached hydrogens (tertiary/aromatic N) is 2. The summed E-state index contributed by atoms with van der Waals surface area (Å²) >= 11 is 0. The fourth-order valence-electron chi connectivity index (χ4n) is 3.00. The van der Waals surface area contributed by atoms with Crippen molar-refractivity contribution in [3.05, 3.63) is 34.9 Å². The van der Waals surface area contributed by atoms with Crippen molar-refractivity contribution in [2.75, 3.05) is 46.9 Å². The Bertz CT molecular complexity index is 602. The second kappa shape index (κ2) is 10.2. The smallest absolute Gasteiger partial charge is 0.243 e. The molecule has 26 heavy (non-hydrogen) atoms. The monoisotopic (exact) mass is 360 g/mol. The molecule has 0 bridgehead atoms. The number of carbonyl (C=O) groups is 1. The van der Waals surface area contributed by atoms with E-state index < -0.39 is 0 Å². The maximum atomic E-state index is 11.8. The Balaban J connectivity index is 1.91. The first-order valence-corrected chi connectivity index (χ1v) is 9.32. The molecule has 0 aromatic heterocycles. The van der Waals surface area contributed by atoms with Gasteiger partial charge in [0.15, 0.2) is 5.96 Å². The van der Waals surface area contributed by atoms with Gasteiger partial charge in [-0.15, -0.1) is 0 Å². The fourth-order valence-corrected chi connectivity index (χ4v) is 3.00. The van der Waals surface area contributed by atoms with Crippen LogP contribution < -0.4 is 10.6 Å². The van der Waals surface area contributed by atoms with Crippen molar-refractivity contribution in [3.8, 4) is 0 Å². The molecule has 1 amide bonds. The highest BCUT2D eigenvalue weighted by Gasteiger charge is 2.16. The Morgan fingerprint density at radius 2 is 2.00 bits per heavy atom. The lowest BCUT2D eigenvalue weighted by atomic mass is 10.0. The van der Waals surface area contributed by atoms with Gasteiger partial charge in [0.25, 0.3) is 0 Å². The van der Waals surface area contributed by atoms with Gasteiger partial charge in [0.2, 0.25) is 5.91 Å². The first-order chi connectivity index (χ1) is 12.5. The van der Waals surface area contributed by atoms with Crippen LogP contribution in [0.25, 0.3) is 0 Å². The Morgan fingerprint density at radius 3 is 2.62 bits per heavy atom. The van der Waals surface area contributed by atoms with Gasteiger partial charge in [0.1, 0.15) is 6.54 Å². The predicted molar refractivity (Wildman–Crippen MR) is 106 cm³/mol. The minimum Gasteiger partial charge on any atom is -0.381 e. The van der Waals surface area contributed by atoms with E-state index >= 15 is 0 Å². The number of aliphatic imine (C=N–C) groups is 1. The number of rotatable bonds is 7. The number of guanidine groups is 1. The van der Waals surface area contributed by atoms with Gasteiger partial charge >= 0.3 is 0 Å². The third kappa shape index (κ3) is 6.33. The van der Waals surface area contributed by atoms with Gasteiger partial charge in [-0.25, -0.2) is 4.99 Å². The lowest BCUT2D eigenvalue weighted by Gasteiger charge is -2.16. The van der Waals surface area contributed by atoms with E-state index in [0.29, 0.717) is 11.9 Å². The average molecular weight is 361 g/mol. The third-order valence-corrected chi connectivity index (χ3v) is 4.77. The summed E-state index contributed by atoms with van der Waals surface area (Å²) in [5, 5.41) is 6.73. The molecule has 6 heteroatoms. The summed E-state index contributed by atoms with van der Waals surface area (Å²) < 4.78 is 5.42. The maximum Gasteiger partial charge on any atom is 0.243 e. The van der Waals surface area contributed by atoms with Crippen molar-refractivity contribution in [2.45, 2.75) is 26.7 Å². The number of hydrogen-bond donors (Lipinski definition) is 2. The molecule has 2 N–H and O–H groups in total. The lowest BCUT2D eigenvalue weighted by Crippen LogP contribution is -2.41. The molecule has 144 valence electrons. The van der Waals surface area contributed by atoms with Gasteiger partial charge in [-0.05, 0) is 43.4 Å². The molecule has 6 nitrogen and oxygen atoms in total. The van der Waals surface area contributed by atoms with Crippen LogP contribution >= 0.6 is 0 Å². The second-order valence-electron chi connectivity index (χ2n) is 7.11. The molecule has 1 unspecified atom stereocenters. The average Bonchev–Trinajstić information content (AvgIpc) is 3.12. The van der Waals surface area contributed by atoms with Crippen LogP contribution in [-0.2, 0) is 16.0 Å². The molecule has 0 saturated carbocycles. The maximum absolute atomic E-state index is 11.8.